The van der Waals surface area contributed by atoms with E-state index in [1.807, 2.05) is 48.5 Å². The number of aliphatic carboxylic acids is 1. The van der Waals surface area contributed by atoms with E-state index in [1.54, 1.807) is 13.8 Å². The summed E-state index contributed by atoms with van der Waals surface area (Å²) < 4.78 is 0. The molecule has 0 radical (unpaired) electrons. The molecule has 3 unspecified atom stereocenters. The lowest BCUT2D eigenvalue weighted by Gasteiger charge is -2.22. The van der Waals surface area contributed by atoms with Crippen LogP contribution in [0.4, 0.5) is 0 Å². The third-order valence-electron chi connectivity index (χ3n) is 4.11. The Morgan fingerprint density at radius 2 is 1.64 bits per heavy atom. The van der Waals surface area contributed by atoms with E-state index in [9.17, 15) is 9.90 Å². The number of carbonyl (C=O) groups is 1. The lowest BCUT2D eigenvalue weighted by molar-refractivity contribution is -0.144. The van der Waals surface area contributed by atoms with E-state index in [0.29, 0.717) is 10.6 Å². The SMILES string of the molecule is CC(C(=O)O)C(C)C(O)c1ccc(-c2ccccc2Cl)cc1. The molecule has 0 saturated heterocycles. The second-order valence-electron chi connectivity index (χ2n) is 5.53. The molecule has 2 N–H and O–H groups in total. The summed E-state index contributed by atoms with van der Waals surface area (Å²) in [6, 6.07) is 15.0. The molecular weight excluding hydrogens is 300 g/mol. The second-order valence-corrected chi connectivity index (χ2v) is 5.94. The topological polar surface area (TPSA) is 57.5 Å². The molecule has 3 atom stereocenters. The molecular formula is C18H19ClO3. The van der Waals surface area contributed by atoms with E-state index < -0.39 is 18.0 Å². The average molecular weight is 319 g/mol. The number of carboxylic acid groups (broad SMARTS) is 1. The quantitative estimate of drug-likeness (QED) is 0.859. The highest BCUT2D eigenvalue weighted by atomic mass is 35.5. The molecule has 0 aliphatic carbocycles. The van der Waals surface area contributed by atoms with Gasteiger partial charge >= 0.3 is 5.97 Å². The minimum absolute atomic E-state index is 0.372. The van der Waals surface area contributed by atoms with Gasteiger partial charge in [-0.25, -0.2) is 0 Å². The van der Waals surface area contributed by atoms with Crippen molar-refractivity contribution in [2.75, 3.05) is 0 Å². The van der Waals surface area contributed by atoms with Gasteiger partial charge in [-0.2, -0.15) is 0 Å². The maximum absolute atomic E-state index is 11.0. The fourth-order valence-electron chi connectivity index (χ4n) is 2.36. The highest BCUT2D eigenvalue weighted by Crippen LogP contribution is 2.31. The van der Waals surface area contributed by atoms with Gasteiger partial charge < -0.3 is 10.2 Å². The Labute approximate surface area is 135 Å². The number of hydrogen-bond donors (Lipinski definition) is 2. The zero-order valence-electron chi connectivity index (χ0n) is 12.5. The van der Waals surface area contributed by atoms with Gasteiger partial charge in [0.05, 0.1) is 12.0 Å². The van der Waals surface area contributed by atoms with Gasteiger partial charge in [0.1, 0.15) is 0 Å². The summed E-state index contributed by atoms with van der Waals surface area (Å²) in [7, 11) is 0. The maximum atomic E-state index is 11.0. The fourth-order valence-corrected chi connectivity index (χ4v) is 2.60. The molecule has 0 saturated carbocycles. The summed E-state index contributed by atoms with van der Waals surface area (Å²) in [5.41, 5.74) is 2.59. The number of rotatable bonds is 5. The monoisotopic (exact) mass is 318 g/mol. The minimum atomic E-state index is -0.903. The zero-order valence-corrected chi connectivity index (χ0v) is 13.3. The Bertz CT molecular complexity index is 652. The van der Waals surface area contributed by atoms with E-state index in [-0.39, 0.29) is 5.92 Å². The van der Waals surface area contributed by atoms with Crippen LogP contribution in [0, 0.1) is 11.8 Å². The molecule has 2 rings (SSSR count). The molecule has 3 nitrogen and oxygen atoms in total. The third kappa shape index (κ3) is 3.49. The van der Waals surface area contributed by atoms with Crippen LogP contribution in [0.1, 0.15) is 25.5 Å². The van der Waals surface area contributed by atoms with Gasteiger partial charge in [-0.1, -0.05) is 67.9 Å². The maximum Gasteiger partial charge on any atom is 0.306 e. The zero-order chi connectivity index (χ0) is 16.3. The van der Waals surface area contributed by atoms with Crippen LogP contribution in [0.15, 0.2) is 48.5 Å². The van der Waals surface area contributed by atoms with Crippen LogP contribution in [0.3, 0.4) is 0 Å². The Morgan fingerprint density at radius 3 is 2.18 bits per heavy atom. The molecule has 2 aromatic rings. The molecule has 2 aromatic carbocycles. The molecule has 0 amide bonds. The molecule has 0 aliphatic rings. The standard InChI is InChI=1S/C18H19ClO3/c1-11(12(2)18(21)22)17(20)14-9-7-13(8-10-14)15-5-3-4-6-16(15)19/h3-12,17,20H,1-2H3,(H,21,22). The summed E-state index contributed by atoms with van der Waals surface area (Å²) in [5.74, 6) is -1.89. The van der Waals surface area contributed by atoms with Crippen molar-refractivity contribution < 1.29 is 15.0 Å². The first kappa shape index (κ1) is 16.5. The molecule has 4 heteroatoms. The predicted octanol–water partition coefficient (Wildman–Crippen LogP) is 4.40. The number of benzene rings is 2. The largest absolute Gasteiger partial charge is 0.481 e. The first-order chi connectivity index (χ1) is 10.4. The van der Waals surface area contributed by atoms with Gasteiger partial charge in [0, 0.05) is 10.6 Å². The van der Waals surface area contributed by atoms with Crippen molar-refractivity contribution in [3.05, 3.63) is 59.1 Å². The van der Waals surface area contributed by atoms with Gasteiger partial charge in [-0.05, 0) is 23.1 Å². The molecule has 22 heavy (non-hydrogen) atoms. The Morgan fingerprint density at radius 1 is 1.05 bits per heavy atom. The molecule has 0 aliphatic heterocycles. The molecule has 0 bridgehead atoms. The number of halogens is 1. The molecule has 0 aromatic heterocycles. The van der Waals surface area contributed by atoms with Crippen molar-refractivity contribution in [3.63, 3.8) is 0 Å². The number of aliphatic hydroxyl groups is 1. The van der Waals surface area contributed by atoms with E-state index in [0.717, 1.165) is 11.1 Å². The number of hydrogen-bond acceptors (Lipinski definition) is 2. The van der Waals surface area contributed by atoms with Gasteiger partial charge in [-0.15, -0.1) is 0 Å². The third-order valence-corrected chi connectivity index (χ3v) is 4.44. The van der Waals surface area contributed by atoms with Crippen LogP contribution in [0.25, 0.3) is 11.1 Å². The summed E-state index contributed by atoms with van der Waals surface area (Å²) >= 11 is 6.17. The Kier molecular flexibility index (Phi) is 5.22. The van der Waals surface area contributed by atoms with E-state index in [2.05, 4.69) is 0 Å². The van der Waals surface area contributed by atoms with Crippen molar-refractivity contribution in [2.45, 2.75) is 20.0 Å². The molecule has 0 spiro atoms. The van der Waals surface area contributed by atoms with Crippen LogP contribution in [-0.2, 0) is 4.79 Å². The van der Waals surface area contributed by atoms with Crippen LogP contribution in [-0.4, -0.2) is 16.2 Å². The summed E-state index contributed by atoms with van der Waals surface area (Å²) in [5, 5.41) is 20.1. The summed E-state index contributed by atoms with van der Waals surface area (Å²) in [6.45, 7) is 3.35. The highest BCUT2D eigenvalue weighted by Gasteiger charge is 2.26. The van der Waals surface area contributed by atoms with Crippen LogP contribution in [0.5, 0.6) is 0 Å². The lowest BCUT2D eigenvalue weighted by atomic mass is 9.86. The van der Waals surface area contributed by atoms with Gasteiger partial charge in [-0.3, -0.25) is 4.79 Å². The summed E-state index contributed by atoms with van der Waals surface area (Å²) in [4.78, 5) is 11.0. The Balaban J connectivity index is 2.22. The van der Waals surface area contributed by atoms with Crippen LogP contribution in [0.2, 0.25) is 5.02 Å². The molecule has 0 fully saturated rings. The van der Waals surface area contributed by atoms with Crippen LogP contribution < -0.4 is 0 Å². The predicted molar refractivity (Wildman–Crippen MR) is 87.8 cm³/mol. The molecule has 0 heterocycles. The number of aliphatic hydroxyl groups excluding tert-OH is 1. The van der Waals surface area contributed by atoms with Crippen molar-refractivity contribution in [1.29, 1.82) is 0 Å². The number of carboxylic acids is 1. The van der Waals surface area contributed by atoms with Crippen LogP contribution >= 0.6 is 11.6 Å². The summed E-state index contributed by atoms with van der Waals surface area (Å²) in [6.07, 6.45) is -0.814. The lowest BCUT2D eigenvalue weighted by Crippen LogP contribution is -2.23. The highest BCUT2D eigenvalue weighted by molar-refractivity contribution is 6.33. The minimum Gasteiger partial charge on any atom is -0.481 e. The van der Waals surface area contributed by atoms with Crippen molar-refractivity contribution >= 4 is 17.6 Å². The Hall–Kier alpha value is -1.84. The second kappa shape index (κ2) is 6.95. The van der Waals surface area contributed by atoms with E-state index in [4.69, 9.17) is 16.7 Å². The van der Waals surface area contributed by atoms with E-state index >= 15 is 0 Å². The van der Waals surface area contributed by atoms with Crippen molar-refractivity contribution in [2.24, 2.45) is 11.8 Å². The van der Waals surface area contributed by atoms with Gasteiger partial charge in [0.25, 0.3) is 0 Å². The smallest absolute Gasteiger partial charge is 0.306 e. The normalized spacial score (nSPS) is 15.1. The average Bonchev–Trinajstić information content (AvgIpc) is 2.53. The fraction of sp³-hybridized carbons (Fsp3) is 0.278. The first-order valence-corrected chi connectivity index (χ1v) is 7.55. The van der Waals surface area contributed by atoms with E-state index in [1.165, 1.54) is 0 Å². The first-order valence-electron chi connectivity index (χ1n) is 7.17. The van der Waals surface area contributed by atoms with Gasteiger partial charge in [0.2, 0.25) is 0 Å². The van der Waals surface area contributed by atoms with Crippen molar-refractivity contribution in [1.82, 2.24) is 0 Å². The van der Waals surface area contributed by atoms with Crippen molar-refractivity contribution in [3.8, 4) is 11.1 Å². The molecule has 116 valence electrons. The van der Waals surface area contributed by atoms with Gasteiger partial charge in [0.15, 0.2) is 0 Å².